The first kappa shape index (κ1) is 40.7. The fourth-order valence-electron chi connectivity index (χ4n) is 7.85. The molecule has 6 rings (SSSR count). The van der Waals surface area contributed by atoms with Gasteiger partial charge in [0.1, 0.15) is 17.8 Å². The predicted molar refractivity (Wildman–Crippen MR) is 203 cm³/mol. The first-order valence-electron chi connectivity index (χ1n) is 19.3. The van der Waals surface area contributed by atoms with Gasteiger partial charge in [-0.2, -0.15) is 8.42 Å². The Labute approximate surface area is 322 Å². The van der Waals surface area contributed by atoms with Crippen molar-refractivity contribution in [3.8, 4) is 0 Å². The molecule has 55 heavy (non-hydrogen) atoms. The van der Waals surface area contributed by atoms with Gasteiger partial charge < -0.3 is 29.4 Å². The van der Waals surface area contributed by atoms with Gasteiger partial charge in [-0.1, -0.05) is 37.6 Å². The summed E-state index contributed by atoms with van der Waals surface area (Å²) in [6.45, 7) is 4.16. The molecule has 1 unspecified atom stereocenters. The maximum absolute atomic E-state index is 12.1. The van der Waals surface area contributed by atoms with E-state index in [1.54, 1.807) is 13.3 Å². The highest BCUT2D eigenvalue weighted by Gasteiger charge is 2.38. The van der Waals surface area contributed by atoms with E-state index in [2.05, 4.69) is 49.4 Å². The van der Waals surface area contributed by atoms with Crippen molar-refractivity contribution in [3.05, 3.63) is 54.0 Å². The number of nitrogens with one attached hydrogen (secondary N) is 2. The lowest BCUT2D eigenvalue weighted by Crippen LogP contribution is -2.31. The fourth-order valence-corrected chi connectivity index (χ4v) is 8.21. The second-order valence-electron chi connectivity index (χ2n) is 14.6. The number of amides is 3. The van der Waals surface area contributed by atoms with E-state index in [9.17, 15) is 22.8 Å². The van der Waals surface area contributed by atoms with Crippen LogP contribution in [0.5, 0.6) is 0 Å². The second kappa shape index (κ2) is 19.2. The maximum atomic E-state index is 12.1. The number of imide groups is 1. The molecule has 0 radical (unpaired) electrons. The number of likely N-dealkylation sites (tertiary alicyclic amines) is 1. The number of rotatable bonds is 22. The molecular weight excluding hydrogens is 731 g/mol. The molecule has 17 heteroatoms. The van der Waals surface area contributed by atoms with E-state index in [0.29, 0.717) is 78.2 Å². The van der Waals surface area contributed by atoms with Crippen molar-refractivity contribution in [3.63, 3.8) is 0 Å². The van der Waals surface area contributed by atoms with Crippen LogP contribution < -0.4 is 15.8 Å². The zero-order valence-electron chi connectivity index (χ0n) is 31.4. The zero-order valence-corrected chi connectivity index (χ0v) is 32.2. The third kappa shape index (κ3) is 11.1. The number of aromatic nitrogens is 3. The Kier molecular flexibility index (Phi) is 14.2. The van der Waals surface area contributed by atoms with E-state index in [1.807, 2.05) is 12.3 Å². The molecule has 3 aromatic rings. The minimum absolute atomic E-state index is 0.0102. The van der Waals surface area contributed by atoms with Gasteiger partial charge in [-0.05, 0) is 55.7 Å². The first-order valence-corrected chi connectivity index (χ1v) is 20.8. The van der Waals surface area contributed by atoms with E-state index in [1.165, 1.54) is 16.0 Å². The molecule has 1 aliphatic heterocycles. The van der Waals surface area contributed by atoms with Crippen LogP contribution in [0.2, 0.25) is 0 Å². The molecule has 0 bridgehead atoms. The quantitative estimate of drug-likeness (QED) is 0.0993. The molecule has 4 N–H and O–H groups in total. The maximum Gasteiger partial charge on any atom is 0.333 e. The van der Waals surface area contributed by atoms with E-state index >= 15 is 0 Å². The molecule has 5 atom stereocenters. The van der Waals surface area contributed by atoms with E-state index in [0.717, 1.165) is 36.1 Å². The number of fused-ring (bicyclic) bond motifs is 2. The molecule has 16 nitrogen and oxygen atoms in total. The van der Waals surface area contributed by atoms with Crippen LogP contribution in [-0.4, -0.2) is 104 Å². The van der Waals surface area contributed by atoms with Crippen molar-refractivity contribution in [2.24, 2.45) is 17.0 Å². The summed E-state index contributed by atoms with van der Waals surface area (Å²) in [4.78, 5) is 46.5. The topological polar surface area (TPSA) is 206 Å². The van der Waals surface area contributed by atoms with E-state index in [4.69, 9.17) is 23.5 Å². The first-order chi connectivity index (χ1) is 26.6. The van der Waals surface area contributed by atoms with Crippen molar-refractivity contribution < 1.29 is 41.2 Å². The molecule has 2 fully saturated rings. The number of anilines is 1. The number of ether oxygens (including phenoxy) is 3. The van der Waals surface area contributed by atoms with Gasteiger partial charge in [-0.15, -0.1) is 0 Å². The number of carbonyl (C=O) groups excluding carboxylic acids is 3. The number of carbonyl (C=O) groups is 3. The minimum Gasteiger partial charge on any atom is -0.377 e. The predicted octanol–water partition coefficient (Wildman–Crippen LogP) is 3.19. The molecule has 3 heterocycles. The van der Waals surface area contributed by atoms with Gasteiger partial charge in [0.25, 0.3) is 0 Å². The number of hydrogen-bond donors (Lipinski definition) is 3. The lowest BCUT2D eigenvalue weighted by Gasteiger charge is -2.19. The largest absolute Gasteiger partial charge is 0.377 e. The number of nitrogens with zero attached hydrogens (tertiary/aromatic N) is 4. The van der Waals surface area contributed by atoms with Crippen LogP contribution in [0.3, 0.4) is 0 Å². The smallest absolute Gasteiger partial charge is 0.333 e. The van der Waals surface area contributed by atoms with Crippen LogP contribution in [-0.2, 0) is 49.5 Å². The Morgan fingerprint density at radius 1 is 1.00 bits per heavy atom. The summed E-state index contributed by atoms with van der Waals surface area (Å²) in [5.74, 6) is 0.0593. The van der Waals surface area contributed by atoms with Gasteiger partial charge in [-0.25, -0.2) is 15.1 Å². The summed E-state index contributed by atoms with van der Waals surface area (Å²) in [6, 6.07) is 10.7. The average molecular weight is 784 g/mol. The van der Waals surface area contributed by atoms with Gasteiger partial charge in [-0.3, -0.25) is 23.5 Å². The van der Waals surface area contributed by atoms with Gasteiger partial charge in [0, 0.05) is 50.0 Å². The molecule has 300 valence electrons. The third-order valence-electron chi connectivity index (χ3n) is 10.7. The standard InChI is InChI=1S/C38H53N7O9S/c1-26-21-35(47)45(38(26)48)14-6-2-3-9-34(46)40-13-16-51-17-18-52-19-20-53-33-23-29(22-28(33)24-54-55(39,49)50)44-15-12-31-36(41-25-42-37(31)44)43-32-11-10-27-7-4-5-8-30(27)32/h4-5,7-8,12,15,25-26,28-29,32-33H,2-3,6,9-11,13-14,16-24H2,1H3,(H,40,46)(H2,39,49,50)(H,41,42,43)/t26?,28-,29+,32-,33-/m0/s1. The molecule has 2 aromatic heterocycles. The van der Waals surface area contributed by atoms with Crippen LogP contribution in [0.1, 0.15) is 81.5 Å². The lowest BCUT2D eigenvalue weighted by molar-refractivity contribution is -0.139. The normalized spacial score (nSPS) is 22.5. The number of aryl methyl sites for hydroxylation is 1. The minimum atomic E-state index is -4.11. The van der Waals surface area contributed by atoms with Crippen molar-refractivity contribution >= 4 is 44.9 Å². The second-order valence-corrected chi connectivity index (χ2v) is 15.8. The molecule has 1 saturated heterocycles. The summed E-state index contributed by atoms with van der Waals surface area (Å²) in [6.07, 6.45) is 9.34. The highest BCUT2D eigenvalue weighted by molar-refractivity contribution is 7.84. The number of nitrogens with two attached hydrogens (primary N) is 1. The third-order valence-corrected chi connectivity index (χ3v) is 11.1. The van der Waals surface area contributed by atoms with Crippen LogP contribution in [0, 0.1) is 11.8 Å². The summed E-state index contributed by atoms with van der Waals surface area (Å²) >= 11 is 0. The van der Waals surface area contributed by atoms with Gasteiger partial charge in [0.2, 0.25) is 17.7 Å². The van der Waals surface area contributed by atoms with Crippen molar-refractivity contribution in [2.45, 2.75) is 82.9 Å². The van der Waals surface area contributed by atoms with Crippen molar-refractivity contribution in [1.82, 2.24) is 24.8 Å². The number of benzene rings is 1. The Balaban J connectivity index is 0.873. The molecule has 1 aromatic carbocycles. The van der Waals surface area contributed by atoms with Gasteiger partial charge >= 0.3 is 10.3 Å². The van der Waals surface area contributed by atoms with Crippen LogP contribution in [0.25, 0.3) is 11.0 Å². The summed E-state index contributed by atoms with van der Waals surface area (Å²) in [7, 11) is -4.11. The SMILES string of the molecule is CC1CC(=O)N(CCCCCC(=O)NCCOCCOCCO[C@H]2C[C@H](n3ccc4c(N[C@H]5CCc6ccccc65)ncnc43)C[C@H]2COS(N)(=O)=O)C1=O. The average Bonchev–Trinajstić information content (AvgIpc) is 3.93. The zero-order chi connectivity index (χ0) is 38.8. The molecular formula is C38H53N7O9S. The monoisotopic (exact) mass is 783 g/mol. The fraction of sp³-hybridized carbons (Fsp3) is 0.605. The molecule has 3 aliphatic rings. The van der Waals surface area contributed by atoms with Gasteiger partial charge in [0.15, 0.2) is 0 Å². The van der Waals surface area contributed by atoms with Crippen LogP contribution in [0.15, 0.2) is 42.9 Å². The highest BCUT2D eigenvalue weighted by atomic mass is 32.2. The van der Waals surface area contributed by atoms with Crippen LogP contribution >= 0.6 is 0 Å². The molecule has 1 saturated carbocycles. The Morgan fingerprint density at radius 3 is 2.60 bits per heavy atom. The Bertz CT molecular complexity index is 1890. The molecule has 3 amide bonds. The summed E-state index contributed by atoms with van der Waals surface area (Å²) in [5.41, 5.74) is 3.44. The van der Waals surface area contributed by atoms with Crippen molar-refractivity contribution in [1.29, 1.82) is 0 Å². The number of hydrogen-bond acceptors (Lipinski definition) is 12. The molecule has 0 spiro atoms. The van der Waals surface area contributed by atoms with Crippen molar-refractivity contribution in [2.75, 3.05) is 58.0 Å². The Hall–Kier alpha value is -4.00. The summed E-state index contributed by atoms with van der Waals surface area (Å²) in [5, 5.41) is 12.5. The van der Waals surface area contributed by atoms with Crippen LogP contribution in [0.4, 0.5) is 5.82 Å². The Morgan fingerprint density at radius 2 is 1.80 bits per heavy atom. The lowest BCUT2D eigenvalue weighted by atomic mass is 10.1. The molecule has 2 aliphatic carbocycles. The van der Waals surface area contributed by atoms with E-state index < -0.39 is 10.3 Å². The van der Waals surface area contributed by atoms with Gasteiger partial charge in [0.05, 0.1) is 57.2 Å². The highest BCUT2D eigenvalue weighted by Crippen LogP contribution is 2.40. The summed E-state index contributed by atoms with van der Waals surface area (Å²) < 4.78 is 47.9. The number of unbranched alkanes of at least 4 members (excludes halogenated alkanes) is 2. The van der Waals surface area contributed by atoms with E-state index in [-0.39, 0.29) is 60.8 Å².